The van der Waals surface area contributed by atoms with Crippen molar-refractivity contribution in [2.75, 3.05) is 0 Å². The molecule has 0 saturated carbocycles. The van der Waals surface area contributed by atoms with E-state index in [1.807, 2.05) is 18.4 Å². The van der Waals surface area contributed by atoms with Crippen LogP contribution in [-0.4, -0.2) is 5.16 Å². The molecule has 2 aromatic heterocycles. The number of aryl methyl sites for hydroxylation is 1. The zero-order valence-electron chi connectivity index (χ0n) is 7.41. The van der Waals surface area contributed by atoms with E-state index < -0.39 is 0 Å². The first-order valence-electron chi connectivity index (χ1n) is 4.10. The van der Waals surface area contributed by atoms with Crippen LogP contribution in [0.2, 0.25) is 0 Å². The highest BCUT2D eigenvalue weighted by molar-refractivity contribution is 7.08. The van der Waals surface area contributed by atoms with Crippen LogP contribution >= 0.6 is 11.3 Å². The van der Waals surface area contributed by atoms with Gasteiger partial charge in [0.1, 0.15) is 11.5 Å². The number of hydrogen-bond acceptors (Lipinski definition) is 3. The van der Waals surface area contributed by atoms with Crippen molar-refractivity contribution < 1.29 is 4.52 Å². The summed E-state index contributed by atoms with van der Waals surface area (Å²) in [7, 11) is 0. The molecule has 3 heteroatoms. The summed E-state index contributed by atoms with van der Waals surface area (Å²) in [6.45, 7) is 5.78. The normalized spacial score (nSPS) is 10.6. The standard InChI is InChI=1S/C10H10NOS/c1-3-9-7(2)12-11-10(9)8-4-5-13-6-8/h4-6H,1,3H2,2H3. The van der Waals surface area contributed by atoms with Gasteiger partial charge in [-0.05, 0) is 31.7 Å². The third-order valence-electron chi connectivity index (χ3n) is 2.03. The van der Waals surface area contributed by atoms with Crippen LogP contribution in [0, 0.1) is 13.8 Å². The molecule has 1 radical (unpaired) electrons. The van der Waals surface area contributed by atoms with Crippen LogP contribution in [0.3, 0.4) is 0 Å². The minimum Gasteiger partial charge on any atom is -0.361 e. The smallest absolute Gasteiger partial charge is 0.137 e. The Hall–Kier alpha value is -1.09. The van der Waals surface area contributed by atoms with E-state index in [2.05, 4.69) is 17.5 Å². The lowest BCUT2D eigenvalue weighted by molar-refractivity contribution is 0.398. The van der Waals surface area contributed by atoms with Crippen molar-refractivity contribution in [3.05, 3.63) is 35.1 Å². The molecule has 0 unspecified atom stereocenters. The van der Waals surface area contributed by atoms with Crippen LogP contribution in [0.1, 0.15) is 11.3 Å². The molecule has 67 valence electrons. The highest BCUT2D eigenvalue weighted by atomic mass is 32.1. The first kappa shape index (κ1) is 8.51. The Morgan fingerprint density at radius 1 is 1.62 bits per heavy atom. The van der Waals surface area contributed by atoms with Crippen LogP contribution in [0.15, 0.2) is 21.3 Å². The molecule has 0 aliphatic heterocycles. The third-order valence-corrected chi connectivity index (χ3v) is 2.71. The highest BCUT2D eigenvalue weighted by Gasteiger charge is 2.12. The van der Waals surface area contributed by atoms with Gasteiger partial charge in [0, 0.05) is 16.5 Å². The summed E-state index contributed by atoms with van der Waals surface area (Å²) in [5.41, 5.74) is 3.17. The van der Waals surface area contributed by atoms with Crippen LogP contribution in [0.4, 0.5) is 0 Å². The number of hydrogen-bond donors (Lipinski definition) is 0. The Morgan fingerprint density at radius 2 is 2.46 bits per heavy atom. The molecule has 0 aliphatic carbocycles. The average molecular weight is 192 g/mol. The van der Waals surface area contributed by atoms with Gasteiger partial charge < -0.3 is 4.52 Å². The van der Waals surface area contributed by atoms with Gasteiger partial charge in [-0.2, -0.15) is 11.3 Å². The number of rotatable bonds is 2. The molecule has 13 heavy (non-hydrogen) atoms. The van der Waals surface area contributed by atoms with Gasteiger partial charge in [0.25, 0.3) is 0 Å². The molecule has 2 nitrogen and oxygen atoms in total. The van der Waals surface area contributed by atoms with Crippen LogP contribution < -0.4 is 0 Å². The molecule has 2 aromatic rings. The molecular weight excluding hydrogens is 182 g/mol. The first-order valence-corrected chi connectivity index (χ1v) is 5.04. The van der Waals surface area contributed by atoms with Crippen molar-refractivity contribution >= 4 is 11.3 Å². The van der Waals surface area contributed by atoms with Crippen molar-refractivity contribution in [3.8, 4) is 11.3 Å². The predicted molar refractivity (Wildman–Crippen MR) is 53.6 cm³/mol. The van der Waals surface area contributed by atoms with Crippen molar-refractivity contribution in [1.29, 1.82) is 0 Å². The zero-order chi connectivity index (χ0) is 9.26. The van der Waals surface area contributed by atoms with E-state index >= 15 is 0 Å². The summed E-state index contributed by atoms with van der Waals surface area (Å²) in [5.74, 6) is 0.871. The van der Waals surface area contributed by atoms with Crippen LogP contribution in [0.5, 0.6) is 0 Å². The second-order valence-corrected chi connectivity index (χ2v) is 3.61. The predicted octanol–water partition coefficient (Wildman–Crippen LogP) is 3.09. The fraction of sp³-hybridized carbons (Fsp3) is 0.200. The lowest BCUT2D eigenvalue weighted by atomic mass is 10.1. The summed E-state index contributed by atoms with van der Waals surface area (Å²) in [5, 5.41) is 8.12. The SMILES string of the molecule is [CH2]Cc1c(-c2ccsc2)noc1C. The Kier molecular flexibility index (Phi) is 2.19. The van der Waals surface area contributed by atoms with Crippen LogP contribution in [0.25, 0.3) is 11.3 Å². The molecule has 0 saturated heterocycles. The van der Waals surface area contributed by atoms with Crippen LogP contribution in [-0.2, 0) is 6.42 Å². The van der Waals surface area contributed by atoms with Crippen molar-refractivity contribution in [2.24, 2.45) is 0 Å². The fourth-order valence-corrected chi connectivity index (χ4v) is 1.95. The first-order chi connectivity index (χ1) is 6.33. The average Bonchev–Trinajstić information content (AvgIpc) is 2.71. The van der Waals surface area contributed by atoms with E-state index in [1.54, 1.807) is 11.3 Å². The Labute approximate surface area is 81.2 Å². The molecular formula is C10H10NOS. The number of thiophene rings is 1. The van der Waals surface area contributed by atoms with E-state index in [0.717, 1.165) is 29.0 Å². The molecule has 0 spiro atoms. The molecule has 0 aromatic carbocycles. The number of aromatic nitrogens is 1. The lowest BCUT2D eigenvalue weighted by Crippen LogP contribution is -1.84. The van der Waals surface area contributed by atoms with Gasteiger partial charge in [0.2, 0.25) is 0 Å². The molecule has 0 atom stereocenters. The van der Waals surface area contributed by atoms with Gasteiger partial charge >= 0.3 is 0 Å². The second kappa shape index (κ2) is 3.34. The van der Waals surface area contributed by atoms with Gasteiger partial charge in [-0.3, -0.25) is 0 Å². The van der Waals surface area contributed by atoms with E-state index in [1.165, 1.54) is 0 Å². The molecule has 2 rings (SSSR count). The van der Waals surface area contributed by atoms with Crippen molar-refractivity contribution in [3.63, 3.8) is 0 Å². The van der Waals surface area contributed by atoms with Gasteiger partial charge in [0.15, 0.2) is 0 Å². The van der Waals surface area contributed by atoms with Gasteiger partial charge in [-0.1, -0.05) is 5.16 Å². The van der Waals surface area contributed by atoms with E-state index in [-0.39, 0.29) is 0 Å². The quantitative estimate of drug-likeness (QED) is 0.730. The summed E-state index contributed by atoms with van der Waals surface area (Å²) in [4.78, 5) is 0. The maximum Gasteiger partial charge on any atom is 0.137 e. The summed E-state index contributed by atoms with van der Waals surface area (Å²) < 4.78 is 5.12. The van der Waals surface area contributed by atoms with Crippen molar-refractivity contribution in [1.82, 2.24) is 5.16 Å². The summed E-state index contributed by atoms with van der Waals surface area (Å²) in [6.07, 6.45) is 0.723. The summed E-state index contributed by atoms with van der Waals surface area (Å²) >= 11 is 1.66. The number of nitrogens with zero attached hydrogens (tertiary/aromatic N) is 1. The molecule has 2 heterocycles. The summed E-state index contributed by atoms with van der Waals surface area (Å²) in [6, 6.07) is 2.04. The van der Waals surface area contributed by atoms with E-state index in [9.17, 15) is 0 Å². The Bertz CT molecular complexity index is 389. The van der Waals surface area contributed by atoms with E-state index in [0.29, 0.717) is 0 Å². The van der Waals surface area contributed by atoms with Gasteiger partial charge in [0.05, 0.1) is 0 Å². The molecule has 0 bridgehead atoms. The Balaban J connectivity index is 2.52. The third kappa shape index (κ3) is 1.40. The maximum atomic E-state index is 5.12. The molecule has 0 amide bonds. The highest BCUT2D eigenvalue weighted by Crippen LogP contribution is 2.26. The lowest BCUT2D eigenvalue weighted by Gasteiger charge is -1.94. The van der Waals surface area contributed by atoms with E-state index in [4.69, 9.17) is 4.52 Å². The van der Waals surface area contributed by atoms with Gasteiger partial charge in [-0.15, -0.1) is 0 Å². The topological polar surface area (TPSA) is 26.0 Å². The van der Waals surface area contributed by atoms with Gasteiger partial charge in [-0.25, -0.2) is 0 Å². The van der Waals surface area contributed by atoms with Crippen molar-refractivity contribution in [2.45, 2.75) is 13.3 Å². The molecule has 0 N–H and O–H groups in total. The molecule has 0 fully saturated rings. The zero-order valence-corrected chi connectivity index (χ0v) is 8.23. The largest absolute Gasteiger partial charge is 0.361 e. The maximum absolute atomic E-state index is 5.12. The monoisotopic (exact) mass is 192 g/mol. The second-order valence-electron chi connectivity index (χ2n) is 2.83. The minimum atomic E-state index is 0.723. The molecule has 0 aliphatic rings. The fourth-order valence-electron chi connectivity index (χ4n) is 1.31. The Morgan fingerprint density at radius 3 is 3.08 bits per heavy atom. The minimum absolute atomic E-state index is 0.723.